The molecule has 18 heavy (non-hydrogen) atoms. The van der Waals surface area contributed by atoms with Crippen LogP contribution in [0, 0.1) is 0 Å². The average Bonchev–Trinajstić information content (AvgIpc) is 2.38. The third kappa shape index (κ3) is 2.87. The van der Waals surface area contributed by atoms with Gasteiger partial charge in [0, 0.05) is 28.6 Å². The van der Waals surface area contributed by atoms with Crippen LogP contribution in [0.3, 0.4) is 0 Å². The van der Waals surface area contributed by atoms with Crippen LogP contribution in [-0.2, 0) is 0 Å². The van der Waals surface area contributed by atoms with Crippen molar-refractivity contribution in [2.24, 2.45) is 5.73 Å². The van der Waals surface area contributed by atoms with Crippen LogP contribution in [-0.4, -0.2) is 29.9 Å². The summed E-state index contributed by atoms with van der Waals surface area (Å²) in [5.41, 5.74) is 6.40. The fraction of sp³-hybridized carbons (Fsp3) is 0.462. The van der Waals surface area contributed by atoms with Gasteiger partial charge in [-0.25, -0.2) is 0 Å². The van der Waals surface area contributed by atoms with Crippen molar-refractivity contribution in [1.82, 2.24) is 4.90 Å². The lowest BCUT2D eigenvalue weighted by atomic mass is 10.0. The van der Waals surface area contributed by atoms with Crippen molar-refractivity contribution in [3.05, 3.63) is 33.3 Å². The second kappa shape index (κ2) is 6.04. The van der Waals surface area contributed by atoms with E-state index in [2.05, 4.69) is 15.9 Å². The first-order valence-electron chi connectivity index (χ1n) is 6.09. The molecule has 1 unspecified atom stereocenters. The van der Waals surface area contributed by atoms with Gasteiger partial charge in [0.15, 0.2) is 0 Å². The Morgan fingerprint density at radius 3 is 2.94 bits per heavy atom. The fourth-order valence-electron chi connectivity index (χ4n) is 2.33. The number of benzene rings is 1. The van der Waals surface area contributed by atoms with Gasteiger partial charge in [-0.2, -0.15) is 0 Å². The zero-order valence-electron chi connectivity index (χ0n) is 10.0. The molecule has 1 aliphatic heterocycles. The Morgan fingerprint density at radius 2 is 2.28 bits per heavy atom. The number of likely N-dealkylation sites (tertiary alicyclic amines) is 1. The van der Waals surface area contributed by atoms with Crippen molar-refractivity contribution in [3.8, 4) is 0 Å². The Bertz CT molecular complexity index is 453. The summed E-state index contributed by atoms with van der Waals surface area (Å²) in [5.74, 6) is 0.0358. The van der Waals surface area contributed by atoms with E-state index < -0.39 is 0 Å². The molecular weight excluding hydrogens is 316 g/mol. The molecule has 0 aliphatic carbocycles. The lowest BCUT2D eigenvalue weighted by Crippen LogP contribution is -2.47. The van der Waals surface area contributed by atoms with Gasteiger partial charge in [-0.3, -0.25) is 4.79 Å². The Hall–Kier alpha value is -0.580. The van der Waals surface area contributed by atoms with E-state index in [0.29, 0.717) is 17.1 Å². The summed E-state index contributed by atoms with van der Waals surface area (Å²) in [6, 6.07) is 5.41. The standard InChI is InChI=1S/C13H16BrClN2O/c14-12-7-9(15)4-5-11(12)13(18)17-6-2-1-3-10(17)8-16/h4-5,7,10H,1-3,6,8,16H2. The smallest absolute Gasteiger partial charge is 0.255 e. The molecule has 3 nitrogen and oxygen atoms in total. The Labute approximate surface area is 120 Å². The highest BCUT2D eigenvalue weighted by Crippen LogP contribution is 2.25. The third-order valence-corrected chi connectivity index (χ3v) is 4.21. The summed E-state index contributed by atoms with van der Waals surface area (Å²) >= 11 is 9.28. The van der Waals surface area contributed by atoms with Gasteiger partial charge in [-0.1, -0.05) is 11.6 Å². The van der Waals surface area contributed by atoms with Crippen LogP contribution in [0.25, 0.3) is 0 Å². The fourth-order valence-corrected chi connectivity index (χ4v) is 3.18. The van der Waals surface area contributed by atoms with E-state index >= 15 is 0 Å². The number of carbonyl (C=O) groups is 1. The van der Waals surface area contributed by atoms with Gasteiger partial charge in [0.1, 0.15) is 0 Å². The summed E-state index contributed by atoms with van der Waals surface area (Å²) in [5, 5.41) is 0.618. The van der Waals surface area contributed by atoms with Gasteiger partial charge in [0.2, 0.25) is 0 Å². The number of piperidine rings is 1. The number of nitrogens with two attached hydrogens (primary N) is 1. The number of hydrogen-bond donors (Lipinski definition) is 1. The summed E-state index contributed by atoms with van der Waals surface area (Å²) in [6.45, 7) is 1.31. The van der Waals surface area contributed by atoms with Crippen LogP contribution in [0.5, 0.6) is 0 Å². The quantitative estimate of drug-likeness (QED) is 0.905. The Balaban J connectivity index is 2.24. The second-order valence-electron chi connectivity index (χ2n) is 4.51. The minimum atomic E-state index is 0.0358. The van der Waals surface area contributed by atoms with Gasteiger partial charge < -0.3 is 10.6 Å². The van der Waals surface area contributed by atoms with Gasteiger partial charge >= 0.3 is 0 Å². The SMILES string of the molecule is NCC1CCCCN1C(=O)c1ccc(Cl)cc1Br. The molecule has 2 N–H and O–H groups in total. The van der Waals surface area contributed by atoms with Crippen LogP contribution in [0.4, 0.5) is 0 Å². The first kappa shape index (κ1) is 13.8. The molecule has 0 spiro atoms. The highest BCUT2D eigenvalue weighted by Gasteiger charge is 2.27. The zero-order chi connectivity index (χ0) is 13.1. The molecule has 5 heteroatoms. The molecule has 1 fully saturated rings. The second-order valence-corrected chi connectivity index (χ2v) is 5.80. The summed E-state index contributed by atoms with van der Waals surface area (Å²) in [7, 11) is 0. The van der Waals surface area contributed by atoms with E-state index in [9.17, 15) is 4.79 Å². The Kier molecular flexibility index (Phi) is 4.65. The first-order chi connectivity index (χ1) is 8.63. The molecule has 1 aliphatic rings. The molecule has 2 rings (SSSR count). The molecule has 0 radical (unpaired) electrons. The maximum absolute atomic E-state index is 12.5. The van der Waals surface area contributed by atoms with Crippen LogP contribution in [0.15, 0.2) is 22.7 Å². The normalized spacial score (nSPS) is 19.9. The molecule has 1 atom stereocenters. The lowest BCUT2D eigenvalue weighted by Gasteiger charge is -2.35. The number of rotatable bonds is 2. The van der Waals surface area contributed by atoms with Crippen molar-refractivity contribution < 1.29 is 4.79 Å². The maximum Gasteiger partial charge on any atom is 0.255 e. The van der Waals surface area contributed by atoms with Crippen LogP contribution >= 0.6 is 27.5 Å². The molecule has 1 aromatic carbocycles. The predicted molar refractivity (Wildman–Crippen MR) is 76.9 cm³/mol. The molecule has 1 aromatic rings. The van der Waals surface area contributed by atoms with E-state index in [1.54, 1.807) is 18.2 Å². The van der Waals surface area contributed by atoms with Crippen molar-refractivity contribution in [2.45, 2.75) is 25.3 Å². The van der Waals surface area contributed by atoms with Crippen molar-refractivity contribution in [1.29, 1.82) is 0 Å². The minimum Gasteiger partial charge on any atom is -0.334 e. The van der Waals surface area contributed by atoms with Gasteiger partial charge in [-0.05, 0) is 53.4 Å². The van der Waals surface area contributed by atoms with Gasteiger partial charge in [0.05, 0.1) is 5.56 Å². The number of hydrogen-bond acceptors (Lipinski definition) is 2. The first-order valence-corrected chi connectivity index (χ1v) is 7.26. The van der Waals surface area contributed by atoms with Crippen LogP contribution in [0.1, 0.15) is 29.6 Å². The topological polar surface area (TPSA) is 46.3 Å². The largest absolute Gasteiger partial charge is 0.334 e. The molecule has 0 bridgehead atoms. The highest BCUT2D eigenvalue weighted by atomic mass is 79.9. The maximum atomic E-state index is 12.5. The monoisotopic (exact) mass is 330 g/mol. The molecule has 98 valence electrons. The van der Waals surface area contributed by atoms with Crippen molar-refractivity contribution in [3.63, 3.8) is 0 Å². The zero-order valence-corrected chi connectivity index (χ0v) is 12.4. The summed E-state index contributed by atoms with van der Waals surface area (Å²) < 4.78 is 0.737. The van der Waals surface area contributed by atoms with Crippen LogP contribution in [0.2, 0.25) is 5.02 Å². The molecule has 0 aromatic heterocycles. The molecule has 1 saturated heterocycles. The third-order valence-electron chi connectivity index (χ3n) is 3.32. The van der Waals surface area contributed by atoms with E-state index in [1.165, 1.54) is 0 Å². The predicted octanol–water partition coefficient (Wildman–Crippen LogP) is 3.06. The summed E-state index contributed by atoms with van der Waals surface area (Å²) in [6.07, 6.45) is 3.19. The number of amides is 1. The number of nitrogens with zero attached hydrogens (tertiary/aromatic N) is 1. The van der Waals surface area contributed by atoms with E-state index in [0.717, 1.165) is 30.3 Å². The van der Waals surface area contributed by atoms with E-state index in [4.69, 9.17) is 17.3 Å². The number of halogens is 2. The summed E-state index contributed by atoms with van der Waals surface area (Å²) in [4.78, 5) is 14.4. The molecule has 1 heterocycles. The van der Waals surface area contributed by atoms with Crippen LogP contribution < -0.4 is 5.73 Å². The van der Waals surface area contributed by atoms with Crippen molar-refractivity contribution in [2.75, 3.05) is 13.1 Å². The molecular formula is C13H16BrClN2O. The molecule has 1 amide bonds. The Morgan fingerprint density at radius 1 is 1.50 bits per heavy atom. The minimum absolute atomic E-state index is 0.0358. The lowest BCUT2D eigenvalue weighted by molar-refractivity contribution is 0.0622. The van der Waals surface area contributed by atoms with Gasteiger partial charge in [0.25, 0.3) is 5.91 Å². The van der Waals surface area contributed by atoms with E-state index in [-0.39, 0.29) is 11.9 Å². The molecule has 0 saturated carbocycles. The van der Waals surface area contributed by atoms with Crippen molar-refractivity contribution >= 4 is 33.4 Å². The highest BCUT2D eigenvalue weighted by molar-refractivity contribution is 9.10. The van der Waals surface area contributed by atoms with Gasteiger partial charge in [-0.15, -0.1) is 0 Å². The van der Waals surface area contributed by atoms with E-state index in [1.807, 2.05) is 4.90 Å². The average molecular weight is 332 g/mol. The number of carbonyl (C=O) groups excluding carboxylic acids is 1.